The number of esters is 3. The van der Waals surface area contributed by atoms with E-state index < -0.39 is 17.5 Å². The van der Waals surface area contributed by atoms with E-state index in [-0.39, 0.29) is 58.1 Å². The van der Waals surface area contributed by atoms with Crippen molar-refractivity contribution in [2.24, 2.45) is 45.3 Å². The molecule has 4 fully saturated rings. The Hall–Kier alpha value is -1.89. The predicted octanol–water partition coefficient (Wildman–Crippen LogP) is 7.19. The summed E-state index contributed by atoms with van der Waals surface area (Å²) >= 11 is 0. The first kappa shape index (κ1) is 34.0. The first-order chi connectivity index (χ1) is 19.8. The molecule has 7 nitrogen and oxygen atoms in total. The maximum absolute atomic E-state index is 12.6. The zero-order valence-corrected chi connectivity index (χ0v) is 28.5. The Morgan fingerprint density at radius 2 is 1.53 bits per heavy atom. The molecule has 0 aliphatic heterocycles. The summed E-state index contributed by atoms with van der Waals surface area (Å²) in [5.41, 5.74) is 0.0573. The van der Waals surface area contributed by atoms with Gasteiger partial charge in [0.25, 0.3) is 0 Å². The van der Waals surface area contributed by atoms with Crippen LogP contribution >= 0.6 is 0 Å². The van der Waals surface area contributed by atoms with Gasteiger partial charge >= 0.3 is 17.9 Å². The minimum Gasteiger partial charge on any atom is -0.469 e. The van der Waals surface area contributed by atoms with Crippen LogP contribution in [0.15, 0.2) is 11.6 Å². The second-order valence-corrected chi connectivity index (χ2v) is 16.3. The van der Waals surface area contributed by atoms with Gasteiger partial charge < -0.3 is 19.3 Å². The SMILES string of the molecule is COC(=O)CC(=O)O[C@@H]1CC[C@@]2(C)C(CC[C@]3(C)C2C[C@@H](OC(C)=O)C2C(C(C)(O)CCC=C(C)C)CC[C@]23C)C1(C)C. The van der Waals surface area contributed by atoms with Crippen molar-refractivity contribution in [3.05, 3.63) is 11.6 Å². The fraction of sp³-hybridized carbons (Fsp3) is 0.861. The lowest BCUT2D eigenvalue weighted by Gasteiger charge is -2.70. The highest BCUT2D eigenvalue weighted by atomic mass is 16.6. The van der Waals surface area contributed by atoms with Crippen molar-refractivity contribution in [2.45, 2.75) is 144 Å². The summed E-state index contributed by atoms with van der Waals surface area (Å²) in [7, 11) is 1.28. The highest BCUT2D eigenvalue weighted by Gasteiger charge is 2.72. The normalized spacial score (nSPS) is 41.0. The Morgan fingerprint density at radius 3 is 2.14 bits per heavy atom. The van der Waals surface area contributed by atoms with Crippen LogP contribution in [0, 0.1) is 45.3 Å². The topological polar surface area (TPSA) is 99.1 Å². The Labute approximate surface area is 259 Å². The molecule has 0 bridgehead atoms. The Morgan fingerprint density at radius 1 is 0.884 bits per heavy atom. The van der Waals surface area contributed by atoms with Crippen LogP contribution in [-0.2, 0) is 28.6 Å². The summed E-state index contributed by atoms with van der Waals surface area (Å²) in [6.45, 7) is 19.5. The fourth-order valence-corrected chi connectivity index (χ4v) is 11.2. The minimum atomic E-state index is -0.842. The molecule has 244 valence electrons. The molecule has 0 saturated heterocycles. The third kappa shape index (κ3) is 5.81. The average molecular weight is 603 g/mol. The van der Waals surface area contributed by atoms with Gasteiger partial charge in [0.15, 0.2) is 0 Å². The Kier molecular flexibility index (Phi) is 9.33. The van der Waals surface area contributed by atoms with Crippen LogP contribution in [0.1, 0.15) is 127 Å². The number of rotatable bonds is 8. The van der Waals surface area contributed by atoms with Crippen molar-refractivity contribution in [1.29, 1.82) is 0 Å². The van der Waals surface area contributed by atoms with Crippen molar-refractivity contribution in [3.63, 3.8) is 0 Å². The van der Waals surface area contributed by atoms with Crippen LogP contribution in [0.2, 0.25) is 0 Å². The summed E-state index contributed by atoms with van der Waals surface area (Å²) in [6, 6.07) is 0. The quantitative estimate of drug-likeness (QED) is 0.136. The average Bonchev–Trinajstić information content (AvgIpc) is 3.27. The molecule has 5 unspecified atom stereocenters. The van der Waals surface area contributed by atoms with Gasteiger partial charge in [0.2, 0.25) is 0 Å². The molecule has 4 aliphatic rings. The highest BCUT2D eigenvalue weighted by molar-refractivity contribution is 5.91. The van der Waals surface area contributed by atoms with Gasteiger partial charge in [0.05, 0.1) is 12.7 Å². The largest absolute Gasteiger partial charge is 0.469 e. The zero-order valence-electron chi connectivity index (χ0n) is 28.5. The fourth-order valence-electron chi connectivity index (χ4n) is 11.2. The van der Waals surface area contributed by atoms with Crippen LogP contribution in [0.5, 0.6) is 0 Å². The lowest BCUT2D eigenvalue weighted by molar-refractivity contribution is -0.252. The van der Waals surface area contributed by atoms with Crippen molar-refractivity contribution in [2.75, 3.05) is 7.11 Å². The Bertz CT molecular complexity index is 1120. The highest BCUT2D eigenvalue weighted by Crippen LogP contribution is 2.76. The van der Waals surface area contributed by atoms with Crippen LogP contribution in [0.25, 0.3) is 0 Å². The van der Waals surface area contributed by atoms with E-state index in [2.05, 4.69) is 59.3 Å². The number of allylic oxidation sites excluding steroid dienone is 2. The molecule has 0 heterocycles. The molecule has 4 rings (SSSR count). The van der Waals surface area contributed by atoms with Crippen LogP contribution in [0.3, 0.4) is 0 Å². The number of ether oxygens (including phenoxy) is 3. The number of methoxy groups -OCH3 is 1. The van der Waals surface area contributed by atoms with Gasteiger partial charge in [-0.1, -0.05) is 46.3 Å². The zero-order chi connectivity index (χ0) is 32.2. The van der Waals surface area contributed by atoms with Crippen molar-refractivity contribution in [3.8, 4) is 0 Å². The molecule has 0 aromatic rings. The standard InChI is InChI=1S/C36H58O7/c1-22(2)12-11-16-36(9,40)24-13-18-35(8)31(24)25(42-23(3)37)20-27-33(6)17-15-28(43-30(39)21-29(38)41-10)32(4,5)26(33)14-19-34(27,35)7/h12,24-28,31,40H,11,13-21H2,1-10H3/t24?,25-,26?,27?,28-,31?,33+,34-,35-,36?/m1/s1. The van der Waals surface area contributed by atoms with Gasteiger partial charge in [-0.05, 0) is 113 Å². The number of aliphatic hydroxyl groups is 1. The smallest absolute Gasteiger partial charge is 0.317 e. The second-order valence-electron chi connectivity index (χ2n) is 16.3. The Balaban J connectivity index is 1.66. The van der Waals surface area contributed by atoms with E-state index >= 15 is 0 Å². The summed E-state index contributed by atoms with van der Waals surface area (Å²) in [5, 5.41) is 12.0. The van der Waals surface area contributed by atoms with Crippen molar-refractivity contribution in [1.82, 2.24) is 0 Å². The summed E-state index contributed by atoms with van der Waals surface area (Å²) < 4.78 is 16.9. The van der Waals surface area contributed by atoms with Crippen LogP contribution < -0.4 is 0 Å². The summed E-state index contributed by atoms with van der Waals surface area (Å²) in [4.78, 5) is 36.9. The lowest BCUT2D eigenvalue weighted by atomic mass is 9.35. The molecule has 10 atom stereocenters. The number of hydrogen-bond acceptors (Lipinski definition) is 7. The van der Waals surface area contributed by atoms with Crippen molar-refractivity contribution < 1.29 is 33.7 Å². The monoisotopic (exact) mass is 602 g/mol. The minimum absolute atomic E-state index is 0.0226. The molecule has 4 saturated carbocycles. The van der Waals surface area contributed by atoms with E-state index in [0.29, 0.717) is 18.3 Å². The van der Waals surface area contributed by atoms with Gasteiger partial charge in [-0.15, -0.1) is 0 Å². The maximum atomic E-state index is 12.6. The molecule has 4 aliphatic carbocycles. The van der Waals surface area contributed by atoms with E-state index in [4.69, 9.17) is 9.47 Å². The lowest BCUT2D eigenvalue weighted by Crippen LogP contribution is -2.67. The van der Waals surface area contributed by atoms with E-state index in [9.17, 15) is 19.5 Å². The summed E-state index contributed by atoms with van der Waals surface area (Å²) in [6.07, 6.45) is 9.36. The number of carbonyl (C=O) groups is 3. The molecule has 0 amide bonds. The number of hydrogen-bond donors (Lipinski definition) is 1. The van der Waals surface area contributed by atoms with Gasteiger partial charge in [-0.2, -0.15) is 0 Å². The van der Waals surface area contributed by atoms with Gasteiger partial charge in [-0.25, -0.2) is 0 Å². The van der Waals surface area contributed by atoms with Crippen molar-refractivity contribution >= 4 is 17.9 Å². The first-order valence-corrected chi connectivity index (χ1v) is 16.6. The van der Waals surface area contributed by atoms with E-state index in [0.717, 1.165) is 51.4 Å². The van der Waals surface area contributed by atoms with Crippen LogP contribution in [0.4, 0.5) is 0 Å². The number of fused-ring (bicyclic) bond motifs is 5. The predicted molar refractivity (Wildman–Crippen MR) is 166 cm³/mol. The third-order valence-electron chi connectivity index (χ3n) is 13.4. The second kappa shape index (κ2) is 11.8. The molecule has 0 aromatic heterocycles. The maximum Gasteiger partial charge on any atom is 0.317 e. The van der Waals surface area contributed by atoms with E-state index in [1.54, 1.807) is 0 Å². The third-order valence-corrected chi connectivity index (χ3v) is 13.4. The number of carbonyl (C=O) groups excluding carboxylic acids is 3. The molecule has 0 radical (unpaired) electrons. The molecule has 7 heteroatoms. The van der Waals surface area contributed by atoms with Gasteiger partial charge in [-0.3, -0.25) is 14.4 Å². The van der Waals surface area contributed by atoms with Gasteiger partial charge in [0, 0.05) is 18.3 Å². The first-order valence-electron chi connectivity index (χ1n) is 16.6. The molecule has 1 N–H and O–H groups in total. The van der Waals surface area contributed by atoms with E-state index in [1.165, 1.54) is 19.6 Å². The van der Waals surface area contributed by atoms with Gasteiger partial charge in [0.1, 0.15) is 18.6 Å². The molecule has 0 aromatic carbocycles. The van der Waals surface area contributed by atoms with Crippen LogP contribution in [-0.4, -0.2) is 47.9 Å². The molecule has 43 heavy (non-hydrogen) atoms. The molecular formula is C36H58O7. The molecule has 0 spiro atoms. The molecular weight excluding hydrogens is 544 g/mol. The summed E-state index contributed by atoms with van der Waals surface area (Å²) in [5.74, 6) is -0.546. The van der Waals surface area contributed by atoms with E-state index in [1.807, 2.05) is 6.92 Å².